The smallest absolute Gasteiger partial charge is 0.282 e. The zero-order valence-electron chi connectivity index (χ0n) is 12.1. The molecule has 0 aromatic heterocycles. The highest BCUT2D eigenvalue weighted by Crippen LogP contribution is 2.21. The SMILES string of the molecule is COCCN(C(C)C)S(=O)(=O)N1CCCC(CO)C1. The summed E-state index contributed by atoms with van der Waals surface area (Å²) < 4.78 is 33.2. The van der Waals surface area contributed by atoms with E-state index in [1.165, 1.54) is 8.61 Å². The second-order valence-corrected chi connectivity index (χ2v) is 7.13. The van der Waals surface area contributed by atoms with Gasteiger partial charge in [0, 0.05) is 39.4 Å². The molecule has 0 aromatic carbocycles. The van der Waals surface area contributed by atoms with Crippen LogP contribution in [0.1, 0.15) is 26.7 Å². The number of hydrogen-bond donors (Lipinski definition) is 1. The van der Waals surface area contributed by atoms with Crippen LogP contribution in [0, 0.1) is 5.92 Å². The Balaban J connectivity index is 2.80. The van der Waals surface area contributed by atoms with Gasteiger partial charge in [-0.05, 0) is 32.6 Å². The lowest BCUT2D eigenvalue weighted by Crippen LogP contribution is -2.51. The molecule has 1 saturated heterocycles. The Kier molecular flexibility index (Phi) is 6.68. The molecule has 1 unspecified atom stereocenters. The van der Waals surface area contributed by atoms with Gasteiger partial charge in [0.1, 0.15) is 0 Å². The van der Waals surface area contributed by atoms with E-state index in [2.05, 4.69) is 0 Å². The van der Waals surface area contributed by atoms with Crippen LogP contribution in [-0.2, 0) is 14.9 Å². The van der Waals surface area contributed by atoms with Gasteiger partial charge >= 0.3 is 0 Å². The fourth-order valence-corrected chi connectivity index (χ4v) is 4.25. The maximum Gasteiger partial charge on any atom is 0.282 e. The van der Waals surface area contributed by atoms with Crippen LogP contribution >= 0.6 is 0 Å². The van der Waals surface area contributed by atoms with Gasteiger partial charge in [0.05, 0.1) is 6.61 Å². The fraction of sp³-hybridized carbons (Fsp3) is 1.00. The number of piperidine rings is 1. The molecule has 19 heavy (non-hydrogen) atoms. The third-order valence-electron chi connectivity index (χ3n) is 3.45. The van der Waals surface area contributed by atoms with Gasteiger partial charge in [-0.15, -0.1) is 0 Å². The molecule has 1 N–H and O–H groups in total. The zero-order chi connectivity index (χ0) is 14.5. The highest BCUT2D eigenvalue weighted by Gasteiger charge is 2.34. The van der Waals surface area contributed by atoms with E-state index >= 15 is 0 Å². The average Bonchev–Trinajstić information content (AvgIpc) is 2.38. The summed E-state index contributed by atoms with van der Waals surface area (Å²) in [5, 5.41) is 9.21. The van der Waals surface area contributed by atoms with Crippen LogP contribution in [0.4, 0.5) is 0 Å². The van der Waals surface area contributed by atoms with Gasteiger partial charge in [0.15, 0.2) is 0 Å². The van der Waals surface area contributed by atoms with E-state index in [0.717, 1.165) is 12.8 Å². The standard InChI is InChI=1S/C12H26N2O4S/c1-11(2)14(7-8-18-3)19(16,17)13-6-4-5-12(9-13)10-15/h11-12,15H,4-10H2,1-3H3. The van der Waals surface area contributed by atoms with Crippen molar-refractivity contribution >= 4 is 10.2 Å². The number of ether oxygens (including phenoxy) is 1. The Hall–Kier alpha value is -0.210. The summed E-state index contributed by atoms with van der Waals surface area (Å²) in [7, 11) is -1.90. The Morgan fingerprint density at radius 1 is 1.47 bits per heavy atom. The largest absolute Gasteiger partial charge is 0.396 e. The average molecular weight is 294 g/mol. The van der Waals surface area contributed by atoms with Crippen LogP contribution in [0.3, 0.4) is 0 Å². The summed E-state index contributed by atoms with van der Waals surface area (Å²) >= 11 is 0. The molecule has 0 amide bonds. The molecular weight excluding hydrogens is 268 g/mol. The fourth-order valence-electron chi connectivity index (χ4n) is 2.35. The van der Waals surface area contributed by atoms with E-state index in [1.54, 1.807) is 7.11 Å². The van der Waals surface area contributed by atoms with Gasteiger partial charge in [-0.3, -0.25) is 0 Å². The molecule has 1 aliphatic rings. The Bertz CT molecular complexity index is 359. The summed E-state index contributed by atoms with van der Waals surface area (Å²) in [6.45, 7) is 5.46. The Morgan fingerprint density at radius 2 is 2.16 bits per heavy atom. The van der Waals surface area contributed by atoms with Crippen molar-refractivity contribution in [1.82, 2.24) is 8.61 Å². The predicted molar refractivity (Wildman–Crippen MR) is 74.0 cm³/mol. The van der Waals surface area contributed by atoms with Crippen molar-refractivity contribution in [1.29, 1.82) is 0 Å². The minimum atomic E-state index is -3.46. The topological polar surface area (TPSA) is 70.1 Å². The summed E-state index contributed by atoms with van der Waals surface area (Å²) in [5.41, 5.74) is 0. The van der Waals surface area contributed by atoms with Crippen molar-refractivity contribution in [2.45, 2.75) is 32.7 Å². The maximum atomic E-state index is 12.6. The molecule has 0 bridgehead atoms. The number of nitrogens with zero attached hydrogens (tertiary/aromatic N) is 2. The molecule has 7 heteroatoms. The van der Waals surface area contributed by atoms with Crippen LogP contribution < -0.4 is 0 Å². The molecule has 1 atom stereocenters. The van der Waals surface area contributed by atoms with Gasteiger partial charge in [0.2, 0.25) is 0 Å². The molecule has 1 aliphatic heterocycles. The third kappa shape index (κ3) is 4.39. The monoisotopic (exact) mass is 294 g/mol. The number of aliphatic hydroxyl groups is 1. The Morgan fingerprint density at radius 3 is 2.68 bits per heavy atom. The lowest BCUT2D eigenvalue weighted by Gasteiger charge is -2.36. The van der Waals surface area contributed by atoms with Crippen LogP contribution in [0.15, 0.2) is 0 Å². The second-order valence-electron chi connectivity index (χ2n) is 5.25. The molecule has 0 aliphatic carbocycles. The number of hydrogen-bond acceptors (Lipinski definition) is 4. The lowest BCUT2D eigenvalue weighted by atomic mass is 10.0. The van der Waals surface area contributed by atoms with Crippen molar-refractivity contribution in [2.24, 2.45) is 5.92 Å². The molecule has 1 heterocycles. The minimum Gasteiger partial charge on any atom is -0.396 e. The first kappa shape index (κ1) is 16.8. The quantitative estimate of drug-likeness (QED) is 0.733. The van der Waals surface area contributed by atoms with Gasteiger partial charge < -0.3 is 9.84 Å². The molecule has 0 saturated carbocycles. The van der Waals surface area contributed by atoms with Crippen molar-refractivity contribution in [2.75, 3.05) is 40.0 Å². The molecule has 0 spiro atoms. The number of rotatable bonds is 7. The van der Waals surface area contributed by atoms with Crippen molar-refractivity contribution in [3.05, 3.63) is 0 Å². The van der Waals surface area contributed by atoms with Crippen molar-refractivity contribution in [3.8, 4) is 0 Å². The number of methoxy groups -OCH3 is 1. The summed E-state index contributed by atoms with van der Waals surface area (Å²) in [6, 6.07) is -0.102. The van der Waals surface area contributed by atoms with Crippen LogP contribution in [-0.4, -0.2) is 68.1 Å². The number of aliphatic hydroxyl groups excluding tert-OH is 1. The molecule has 0 radical (unpaired) electrons. The first-order chi connectivity index (χ1) is 8.93. The van der Waals surface area contributed by atoms with Crippen molar-refractivity contribution in [3.63, 3.8) is 0 Å². The minimum absolute atomic E-state index is 0.0474. The highest BCUT2D eigenvalue weighted by atomic mass is 32.2. The molecule has 1 fully saturated rings. The highest BCUT2D eigenvalue weighted by molar-refractivity contribution is 7.86. The van der Waals surface area contributed by atoms with Crippen LogP contribution in [0.5, 0.6) is 0 Å². The molecule has 1 rings (SSSR count). The summed E-state index contributed by atoms with van der Waals surface area (Å²) in [4.78, 5) is 0. The van der Waals surface area contributed by atoms with E-state index in [9.17, 15) is 13.5 Å². The van der Waals surface area contributed by atoms with Gasteiger partial charge in [-0.1, -0.05) is 0 Å². The maximum absolute atomic E-state index is 12.6. The lowest BCUT2D eigenvalue weighted by molar-refractivity contribution is 0.147. The van der Waals surface area contributed by atoms with E-state index in [-0.39, 0.29) is 18.6 Å². The first-order valence-corrected chi connectivity index (χ1v) is 8.19. The molecule has 0 aromatic rings. The summed E-state index contributed by atoms with van der Waals surface area (Å²) in [5.74, 6) is 0.0555. The molecule has 114 valence electrons. The summed E-state index contributed by atoms with van der Waals surface area (Å²) in [6.07, 6.45) is 1.70. The van der Waals surface area contributed by atoms with E-state index < -0.39 is 10.2 Å². The van der Waals surface area contributed by atoms with E-state index in [4.69, 9.17) is 4.74 Å². The van der Waals surface area contributed by atoms with Crippen LogP contribution in [0.25, 0.3) is 0 Å². The van der Waals surface area contributed by atoms with Gasteiger partial charge in [-0.2, -0.15) is 17.0 Å². The van der Waals surface area contributed by atoms with Gasteiger partial charge in [-0.25, -0.2) is 0 Å². The predicted octanol–water partition coefficient (Wildman–Crippen LogP) is 0.292. The van der Waals surface area contributed by atoms with Gasteiger partial charge in [0.25, 0.3) is 10.2 Å². The molecule has 6 nitrogen and oxygen atoms in total. The van der Waals surface area contributed by atoms with E-state index in [1.807, 2.05) is 13.8 Å². The third-order valence-corrected chi connectivity index (χ3v) is 5.64. The Labute approximate surface area is 116 Å². The zero-order valence-corrected chi connectivity index (χ0v) is 12.9. The van der Waals surface area contributed by atoms with Crippen molar-refractivity contribution < 1.29 is 18.3 Å². The first-order valence-electron chi connectivity index (χ1n) is 6.80. The van der Waals surface area contributed by atoms with E-state index in [0.29, 0.717) is 26.2 Å². The van der Waals surface area contributed by atoms with Crippen LogP contribution in [0.2, 0.25) is 0 Å². The molecular formula is C12H26N2O4S. The second kappa shape index (κ2) is 7.54. The normalized spacial score (nSPS) is 22.3.